The van der Waals surface area contributed by atoms with Crippen LogP contribution in [0.15, 0.2) is 0 Å². The van der Waals surface area contributed by atoms with Crippen LogP contribution in [0.1, 0.15) is 12.8 Å². The van der Waals surface area contributed by atoms with Crippen LogP contribution in [0.4, 0.5) is 0 Å². The fraction of sp³-hybridized carbons (Fsp3) is 1.00. The first-order valence-electron chi connectivity index (χ1n) is 3.89. The van der Waals surface area contributed by atoms with E-state index in [1.807, 2.05) is 0 Å². The van der Waals surface area contributed by atoms with Crippen molar-refractivity contribution in [3.05, 3.63) is 0 Å². The van der Waals surface area contributed by atoms with Gasteiger partial charge in [0, 0.05) is 25.7 Å². The summed E-state index contributed by atoms with van der Waals surface area (Å²) >= 11 is 0. The van der Waals surface area contributed by atoms with E-state index in [2.05, 4.69) is 10.6 Å². The summed E-state index contributed by atoms with van der Waals surface area (Å²) in [4.78, 5) is 0. The lowest BCUT2D eigenvalue weighted by Gasteiger charge is -2.27. The van der Waals surface area contributed by atoms with Crippen molar-refractivity contribution in [1.82, 2.24) is 10.6 Å². The molecule has 2 nitrogen and oxygen atoms in total. The Kier molecular flexibility index (Phi) is 5.44. The second kappa shape index (κ2) is 5.20. The molecule has 0 aromatic heterocycles. The van der Waals surface area contributed by atoms with Crippen molar-refractivity contribution in [2.75, 3.05) is 19.6 Å². The third kappa shape index (κ3) is 3.61. The number of halogens is 2. The lowest BCUT2D eigenvalue weighted by molar-refractivity contribution is 0.331. The highest BCUT2D eigenvalue weighted by molar-refractivity contribution is 5.85. The Morgan fingerprint density at radius 1 is 1.18 bits per heavy atom. The number of hydrogen-bond donors (Lipinski definition) is 2. The zero-order valence-electron chi connectivity index (χ0n) is 6.51. The second-order valence-corrected chi connectivity index (χ2v) is 3.21. The first kappa shape index (κ1) is 11.5. The zero-order valence-corrected chi connectivity index (χ0v) is 8.14. The number of hydrogen-bond acceptors (Lipinski definition) is 2. The fourth-order valence-electron chi connectivity index (χ4n) is 1.11. The third-order valence-corrected chi connectivity index (χ3v) is 2.14. The highest BCUT2D eigenvalue weighted by Gasteiger charge is 2.23. The zero-order chi connectivity index (χ0) is 6.10. The smallest absolute Gasteiger partial charge is 0.00683 e. The van der Waals surface area contributed by atoms with Gasteiger partial charge in [-0.2, -0.15) is 0 Å². The van der Waals surface area contributed by atoms with Crippen molar-refractivity contribution >= 4 is 24.8 Å². The Balaban J connectivity index is 0.000000500. The van der Waals surface area contributed by atoms with E-state index in [-0.39, 0.29) is 24.8 Å². The minimum absolute atomic E-state index is 0. The highest BCUT2D eigenvalue weighted by Crippen LogP contribution is 2.19. The van der Waals surface area contributed by atoms with Crippen molar-refractivity contribution in [3.63, 3.8) is 0 Å². The van der Waals surface area contributed by atoms with Gasteiger partial charge in [0.15, 0.2) is 0 Å². The molecule has 1 aliphatic heterocycles. The summed E-state index contributed by atoms with van der Waals surface area (Å²) < 4.78 is 0. The molecule has 11 heavy (non-hydrogen) atoms. The van der Waals surface area contributed by atoms with E-state index in [1.54, 1.807) is 0 Å². The van der Waals surface area contributed by atoms with Gasteiger partial charge >= 0.3 is 0 Å². The summed E-state index contributed by atoms with van der Waals surface area (Å²) in [5.74, 6) is 0.936. The summed E-state index contributed by atoms with van der Waals surface area (Å²) in [7, 11) is 0. The van der Waals surface area contributed by atoms with Gasteiger partial charge in [-0.1, -0.05) is 0 Å². The van der Waals surface area contributed by atoms with Crippen LogP contribution in [0, 0.1) is 5.92 Å². The van der Waals surface area contributed by atoms with E-state index in [4.69, 9.17) is 0 Å². The van der Waals surface area contributed by atoms with E-state index < -0.39 is 0 Å². The summed E-state index contributed by atoms with van der Waals surface area (Å²) in [6, 6.07) is 0.894. The monoisotopic (exact) mass is 198 g/mol. The lowest BCUT2D eigenvalue weighted by atomic mass is 10.0. The molecule has 0 spiro atoms. The normalized spacial score (nSPS) is 22.9. The minimum Gasteiger partial charge on any atom is -0.316 e. The van der Waals surface area contributed by atoms with Gasteiger partial charge in [-0.05, 0) is 18.8 Å². The van der Waals surface area contributed by atoms with Gasteiger partial charge in [-0.3, -0.25) is 0 Å². The molecule has 2 rings (SSSR count). The Hall–Kier alpha value is 0.500. The molecular formula is C7H16Cl2N2. The van der Waals surface area contributed by atoms with E-state index in [0.29, 0.717) is 0 Å². The Bertz CT molecular complexity index is 103. The third-order valence-electron chi connectivity index (χ3n) is 2.14. The minimum atomic E-state index is 0. The molecule has 1 aliphatic carbocycles. The molecule has 2 N–H and O–H groups in total. The average Bonchev–Trinajstić information content (AvgIpc) is 2.44. The van der Waals surface area contributed by atoms with Crippen LogP contribution in [0.3, 0.4) is 0 Å². The van der Waals surface area contributed by atoms with Gasteiger partial charge in [0.05, 0.1) is 0 Å². The van der Waals surface area contributed by atoms with Crippen LogP contribution >= 0.6 is 24.8 Å². The van der Waals surface area contributed by atoms with E-state index in [9.17, 15) is 0 Å². The van der Waals surface area contributed by atoms with Crippen LogP contribution in [0.2, 0.25) is 0 Å². The van der Waals surface area contributed by atoms with E-state index in [0.717, 1.165) is 12.0 Å². The molecule has 2 fully saturated rings. The maximum Gasteiger partial charge on any atom is 0.00683 e. The summed E-state index contributed by atoms with van der Waals surface area (Å²) in [6.45, 7) is 3.72. The quantitative estimate of drug-likeness (QED) is 0.702. The standard InChI is InChI=1S/C7H14N2.2ClH/c1-2-7(1)9-5-6-3-8-4-6;;/h6-9H,1-5H2;2*1H. The number of nitrogens with one attached hydrogen (secondary N) is 2. The summed E-state index contributed by atoms with van der Waals surface area (Å²) in [6.07, 6.45) is 2.83. The van der Waals surface area contributed by atoms with Crippen molar-refractivity contribution in [2.24, 2.45) is 5.92 Å². The largest absolute Gasteiger partial charge is 0.316 e. The van der Waals surface area contributed by atoms with Crippen LogP contribution in [-0.2, 0) is 0 Å². The summed E-state index contributed by atoms with van der Waals surface area (Å²) in [5.41, 5.74) is 0. The predicted molar refractivity (Wildman–Crippen MR) is 51.9 cm³/mol. The molecular weight excluding hydrogens is 183 g/mol. The van der Waals surface area contributed by atoms with Crippen LogP contribution in [0.25, 0.3) is 0 Å². The Labute approximate surface area is 80.3 Å². The molecule has 0 bridgehead atoms. The lowest BCUT2D eigenvalue weighted by Crippen LogP contribution is -2.47. The first-order chi connectivity index (χ1) is 4.45. The molecule has 0 aromatic rings. The van der Waals surface area contributed by atoms with Gasteiger partial charge in [-0.15, -0.1) is 24.8 Å². The van der Waals surface area contributed by atoms with E-state index in [1.165, 1.54) is 32.5 Å². The molecule has 0 radical (unpaired) electrons. The molecule has 0 unspecified atom stereocenters. The second-order valence-electron chi connectivity index (χ2n) is 3.21. The molecule has 68 valence electrons. The molecule has 1 saturated heterocycles. The summed E-state index contributed by atoms with van der Waals surface area (Å²) in [5, 5.41) is 6.78. The maximum absolute atomic E-state index is 3.52. The van der Waals surface area contributed by atoms with Crippen molar-refractivity contribution in [3.8, 4) is 0 Å². The van der Waals surface area contributed by atoms with Crippen molar-refractivity contribution < 1.29 is 0 Å². The maximum atomic E-state index is 3.52. The average molecular weight is 199 g/mol. The Morgan fingerprint density at radius 3 is 2.18 bits per heavy atom. The molecule has 1 heterocycles. The van der Waals surface area contributed by atoms with Crippen LogP contribution in [-0.4, -0.2) is 25.7 Å². The molecule has 1 saturated carbocycles. The Morgan fingerprint density at radius 2 is 1.82 bits per heavy atom. The highest BCUT2D eigenvalue weighted by atomic mass is 35.5. The van der Waals surface area contributed by atoms with Crippen LogP contribution < -0.4 is 10.6 Å². The van der Waals surface area contributed by atoms with Crippen molar-refractivity contribution in [1.29, 1.82) is 0 Å². The van der Waals surface area contributed by atoms with E-state index >= 15 is 0 Å². The van der Waals surface area contributed by atoms with Gasteiger partial charge in [0.25, 0.3) is 0 Å². The van der Waals surface area contributed by atoms with Gasteiger partial charge < -0.3 is 10.6 Å². The van der Waals surface area contributed by atoms with Crippen LogP contribution in [0.5, 0.6) is 0 Å². The first-order valence-corrected chi connectivity index (χ1v) is 3.89. The topological polar surface area (TPSA) is 24.1 Å². The molecule has 4 heteroatoms. The number of rotatable bonds is 3. The van der Waals surface area contributed by atoms with Gasteiger partial charge in [-0.25, -0.2) is 0 Å². The molecule has 0 atom stereocenters. The SMILES string of the molecule is C1NCC1CNC1CC1.Cl.Cl. The van der Waals surface area contributed by atoms with Gasteiger partial charge in [0.2, 0.25) is 0 Å². The van der Waals surface area contributed by atoms with Gasteiger partial charge in [0.1, 0.15) is 0 Å². The molecule has 0 amide bonds. The molecule has 2 aliphatic rings. The fourth-order valence-corrected chi connectivity index (χ4v) is 1.11. The molecule has 0 aromatic carbocycles. The van der Waals surface area contributed by atoms with Crippen molar-refractivity contribution in [2.45, 2.75) is 18.9 Å². The predicted octanol–water partition coefficient (Wildman–Crippen LogP) is 0.801.